The normalized spacial score (nSPS) is 21.0. The molecule has 1 aromatic heterocycles. The van der Waals surface area contributed by atoms with E-state index in [1.807, 2.05) is 6.08 Å². The van der Waals surface area contributed by atoms with Gasteiger partial charge in [0, 0.05) is 36.4 Å². The molecular formula is C24H32F2N6. The third-order valence-corrected chi connectivity index (χ3v) is 6.57. The molecule has 4 rings (SSSR count). The Balaban J connectivity index is 1.58. The molecule has 1 saturated carbocycles. The molecule has 3 N–H and O–H groups in total. The predicted molar refractivity (Wildman–Crippen MR) is 127 cm³/mol. The average Bonchev–Trinajstić information content (AvgIpc) is 2.76. The van der Waals surface area contributed by atoms with Crippen LogP contribution in [0.15, 0.2) is 18.3 Å². The second-order valence-corrected chi connectivity index (χ2v) is 9.33. The summed E-state index contributed by atoms with van der Waals surface area (Å²) in [6.07, 6.45) is 8.20. The fraction of sp³-hybridized carbons (Fsp3) is 0.500. The Morgan fingerprint density at radius 2 is 1.78 bits per heavy atom. The molecule has 1 aromatic carbocycles. The van der Waals surface area contributed by atoms with Gasteiger partial charge in [-0.3, -0.25) is 0 Å². The summed E-state index contributed by atoms with van der Waals surface area (Å²) in [6.45, 7) is 4.65. The van der Waals surface area contributed by atoms with E-state index in [4.69, 9.17) is 10.7 Å². The number of hydrogen-bond donors (Lipinski definition) is 2. The maximum atomic E-state index is 14.0. The lowest BCUT2D eigenvalue weighted by atomic mass is 9.90. The van der Waals surface area contributed by atoms with Gasteiger partial charge in [0.1, 0.15) is 23.1 Å². The lowest BCUT2D eigenvalue weighted by Crippen LogP contribution is -2.37. The maximum Gasteiger partial charge on any atom is 0.224 e. The van der Waals surface area contributed by atoms with Gasteiger partial charge in [0.05, 0.1) is 0 Å². The van der Waals surface area contributed by atoms with Crippen molar-refractivity contribution in [2.45, 2.75) is 57.7 Å². The molecule has 0 spiro atoms. The van der Waals surface area contributed by atoms with E-state index in [0.717, 1.165) is 42.6 Å². The first-order chi connectivity index (χ1) is 15.2. The smallest absolute Gasteiger partial charge is 0.224 e. The van der Waals surface area contributed by atoms with Crippen molar-refractivity contribution in [3.05, 3.63) is 41.1 Å². The lowest BCUT2D eigenvalue weighted by molar-refractivity contribution is 0.221. The number of nitrogen functional groups attached to an aromatic ring is 1. The number of fused-ring (bicyclic) bond motifs is 1. The molecule has 2 aliphatic rings. The SMILES string of the molecule is CC(C)N1CC(c2cc(F)c(N)c(F)c2)=Cc2cnc(NC3CCC(N(C)C)CC3)nc21. The Kier molecular flexibility index (Phi) is 6.33. The van der Waals surface area contributed by atoms with Crippen LogP contribution in [0.25, 0.3) is 11.6 Å². The number of hydrogen-bond acceptors (Lipinski definition) is 6. The number of anilines is 3. The van der Waals surface area contributed by atoms with Crippen LogP contribution in [-0.4, -0.2) is 53.6 Å². The Labute approximate surface area is 188 Å². The summed E-state index contributed by atoms with van der Waals surface area (Å²) in [4.78, 5) is 13.8. The molecule has 2 heterocycles. The van der Waals surface area contributed by atoms with Gasteiger partial charge in [-0.25, -0.2) is 13.8 Å². The largest absolute Gasteiger partial charge is 0.394 e. The molecule has 172 valence electrons. The molecule has 0 amide bonds. The van der Waals surface area contributed by atoms with Crippen molar-refractivity contribution in [1.29, 1.82) is 0 Å². The van der Waals surface area contributed by atoms with Crippen molar-refractivity contribution < 1.29 is 8.78 Å². The summed E-state index contributed by atoms with van der Waals surface area (Å²) in [6, 6.07) is 3.73. The minimum absolute atomic E-state index is 0.152. The average molecular weight is 443 g/mol. The summed E-state index contributed by atoms with van der Waals surface area (Å²) >= 11 is 0. The molecule has 0 atom stereocenters. The number of benzene rings is 1. The molecule has 1 aliphatic carbocycles. The minimum atomic E-state index is -0.748. The fourth-order valence-corrected chi connectivity index (χ4v) is 4.57. The molecule has 6 nitrogen and oxygen atoms in total. The highest BCUT2D eigenvalue weighted by Crippen LogP contribution is 2.34. The molecule has 0 unspecified atom stereocenters. The van der Waals surface area contributed by atoms with E-state index < -0.39 is 17.3 Å². The van der Waals surface area contributed by atoms with Crippen LogP contribution in [0.1, 0.15) is 50.7 Å². The molecule has 2 aromatic rings. The van der Waals surface area contributed by atoms with E-state index in [-0.39, 0.29) is 6.04 Å². The summed E-state index contributed by atoms with van der Waals surface area (Å²) in [5, 5.41) is 3.51. The molecule has 0 radical (unpaired) electrons. The van der Waals surface area contributed by atoms with Crippen molar-refractivity contribution in [3.63, 3.8) is 0 Å². The van der Waals surface area contributed by atoms with E-state index in [1.54, 1.807) is 6.20 Å². The first kappa shape index (κ1) is 22.5. The van der Waals surface area contributed by atoms with Gasteiger partial charge in [0.25, 0.3) is 0 Å². The van der Waals surface area contributed by atoms with Crippen LogP contribution < -0.4 is 16.0 Å². The third-order valence-electron chi connectivity index (χ3n) is 6.57. The zero-order chi connectivity index (χ0) is 23.0. The van der Waals surface area contributed by atoms with Crippen LogP contribution >= 0.6 is 0 Å². The Morgan fingerprint density at radius 1 is 1.12 bits per heavy atom. The molecule has 32 heavy (non-hydrogen) atoms. The van der Waals surface area contributed by atoms with Crippen molar-refractivity contribution >= 4 is 29.1 Å². The van der Waals surface area contributed by atoms with Gasteiger partial charge in [-0.05, 0) is 83.0 Å². The lowest BCUT2D eigenvalue weighted by Gasteiger charge is -2.35. The standard InChI is InChI=1S/C24H32F2N6/c1-14(2)32-13-17(15-10-20(25)22(27)21(26)11-15)9-16-12-28-24(30-23(16)32)29-18-5-7-19(8-6-18)31(3)4/h9-12,14,18-19H,5-8,13,27H2,1-4H3,(H,28,29,30). The van der Waals surface area contributed by atoms with E-state index in [1.165, 1.54) is 12.1 Å². The minimum Gasteiger partial charge on any atom is -0.394 e. The first-order valence-corrected chi connectivity index (χ1v) is 11.2. The highest BCUT2D eigenvalue weighted by molar-refractivity contribution is 5.90. The van der Waals surface area contributed by atoms with Gasteiger partial charge in [0.15, 0.2) is 0 Å². The van der Waals surface area contributed by atoms with Gasteiger partial charge < -0.3 is 20.9 Å². The molecule has 0 bridgehead atoms. The van der Waals surface area contributed by atoms with Crippen LogP contribution in [0, 0.1) is 11.6 Å². The van der Waals surface area contributed by atoms with Gasteiger partial charge >= 0.3 is 0 Å². The van der Waals surface area contributed by atoms with Gasteiger partial charge in [-0.1, -0.05) is 0 Å². The third kappa shape index (κ3) is 4.55. The molecule has 1 fully saturated rings. The summed E-state index contributed by atoms with van der Waals surface area (Å²) in [5.74, 6) is -0.0334. The summed E-state index contributed by atoms with van der Waals surface area (Å²) in [5.41, 5.74) is 7.10. The summed E-state index contributed by atoms with van der Waals surface area (Å²) < 4.78 is 28.1. The molecule has 0 saturated heterocycles. The Hall–Kier alpha value is -2.74. The van der Waals surface area contributed by atoms with Crippen molar-refractivity contribution in [3.8, 4) is 0 Å². The highest BCUT2D eigenvalue weighted by Gasteiger charge is 2.26. The van der Waals surface area contributed by atoms with Crippen LogP contribution in [0.3, 0.4) is 0 Å². The number of nitrogens with zero attached hydrogens (tertiary/aromatic N) is 4. The van der Waals surface area contributed by atoms with E-state index in [0.29, 0.717) is 30.1 Å². The summed E-state index contributed by atoms with van der Waals surface area (Å²) in [7, 11) is 4.28. The molecule has 8 heteroatoms. The topological polar surface area (TPSA) is 70.3 Å². The first-order valence-electron chi connectivity index (χ1n) is 11.2. The van der Waals surface area contributed by atoms with Crippen molar-refractivity contribution in [2.75, 3.05) is 36.6 Å². The van der Waals surface area contributed by atoms with Crippen LogP contribution in [0.2, 0.25) is 0 Å². The van der Waals surface area contributed by atoms with Gasteiger partial charge in [-0.2, -0.15) is 4.98 Å². The van der Waals surface area contributed by atoms with Crippen LogP contribution in [0.4, 0.5) is 26.2 Å². The van der Waals surface area contributed by atoms with Crippen molar-refractivity contribution in [2.24, 2.45) is 0 Å². The van der Waals surface area contributed by atoms with E-state index >= 15 is 0 Å². The van der Waals surface area contributed by atoms with E-state index in [9.17, 15) is 8.78 Å². The fourth-order valence-electron chi connectivity index (χ4n) is 4.57. The zero-order valence-electron chi connectivity index (χ0n) is 19.2. The predicted octanol–water partition coefficient (Wildman–Crippen LogP) is 4.39. The molecule has 1 aliphatic heterocycles. The zero-order valence-corrected chi connectivity index (χ0v) is 19.2. The maximum absolute atomic E-state index is 14.0. The quantitative estimate of drug-likeness (QED) is 0.670. The second kappa shape index (κ2) is 9.02. The molecular weight excluding hydrogens is 410 g/mol. The number of aromatic nitrogens is 2. The van der Waals surface area contributed by atoms with Gasteiger partial charge in [-0.15, -0.1) is 0 Å². The highest BCUT2D eigenvalue weighted by atomic mass is 19.1. The van der Waals surface area contributed by atoms with Gasteiger partial charge in [0.2, 0.25) is 5.95 Å². The van der Waals surface area contributed by atoms with E-state index in [2.05, 4.69) is 48.0 Å². The Bertz CT molecular complexity index is 989. The number of rotatable bonds is 5. The number of nitrogens with two attached hydrogens (primary N) is 1. The number of nitrogens with one attached hydrogen (secondary N) is 1. The monoisotopic (exact) mass is 442 g/mol. The second-order valence-electron chi connectivity index (χ2n) is 9.33. The number of halogens is 2. The van der Waals surface area contributed by atoms with Crippen LogP contribution in [-0.2, 0) is 0 Å². The van der Waals surface area contributed by atoms with Crippen LogP contribution in [0.5, 0.6) is 0 Å². The van der Waals surface area contributed by atoms with Crippen molar-refractivity contribution in [1.82, 2.24) is 14.9 Å². The Morgan fingerprint density at radius 3 is 2.38 bits per heavy atom.